The van der Waals surface area contributed by atoms with E-state index in [4.69, 9.17) is 0 Å². The third kappa shape index (κ3) is 5.50. The molecule has 0 bridgehead atoms. The fourth-order valence-corrected chi connectivity index (χ4v) is 5.32. The number of fused-ring (bicyclic) bond motifs is 1. The van der Waals surface area contributed by atoms with Gasteiger partial charge >= 0.3 is 6.18 Å². The van der Waals surface area contributed by atoms with Crippen LogP contribution in [0.2, 0.25) is 0 Å². The first-order valence-electron chi connectivity index (χ1n) is 11.9. The molecule has 0 N–H and O–H groups in total. The van der Waals surface area contributed by atoms with Crippen molar-refractivity contribution in [1.82, 2.24) is 4.90 Å². The van der Waals surface area contributed by atoms with Gasteiger partial charge in [0.1, 0.15) is 0 Å². The third-order valence-electron chi connectivity index (χ3n) is 6.64. The summed E-state index contributed by atoms with van der Waals surface area (Å²) in [5, 5.41) is 0.459. The van der Waals surface area contributed by atoms with Crippen molar-refractivity contribution in [3.8, 4) is 0 Å². The van der Waals surface area contributed by atoms with Crippen LogP contribution in [-0.4, -0.2) is 37.0 Å². The quantitative estimate of drug-likeness (QED) is 0.363. The van der Waals surface area contributed by atoms with Gasteiger partial charge in [0.05, 0.1) is 10.4 Å². The van der Waals surface area contributed by atoms with E-state index in [1.807, 2.05) is 4.90 Å². The number of benzene rings is 2. The highest BCUT2D eigenvalue weighted by Crippen LogP contribution is 2.36. The fourth-order valence-electron chi connectivity index (χ4n) is 4.31. The smallest absolute Gasteiger partial charge is 0.368 e. The maximum Gasteiger partial charge on any atom is 0.416 e. The number of nitrogens with zero attached hydrogens (tertiary/aromatic N) is 2. The highest BCUT2D eigenvalue weighted by atomic mass is 32.1. The van der Waals surface area contributed by atoms with Gasteiger partial charge in [0, 0.05) is 36.6 Å². The van der Waals surface area contributed by atoms with Gasteiger partial charge in [-0.2, -0.15) is 13.2 Å². The predicted molar refractivity (Wildman–Crippen MR) is 139 cm³/mol. The van der Waals surface area contributed by atoms with Crippen LogP contribution in [0.3, 0.4) is 0 Å². The molecule has 0 atom stereocenters. The summed E-state index contributed by atoms with van der Waals surface area (Å²) in [6.45, 7) is 15.9. The molecule has 4 rings (SSSR count). The van der Waals surface area contributed by atoms with Crippen LogP contribution >= 0.6 is 11.3 Å². The molecule has 3 aromatic rings. The van der Waals surface area contributed by atoms with E-state index in [9.17, 15) is 18.0 Å². The highest BCUT2D eigenvalue weighted by Gasteiger charge is 2.31. The van der Waals surface area contributed by atoms with Crippen molar-refractivity contribution in [2.75, 3.05) is 31.1 Å². The number of anilines is 1. The molecule has 3 nitrogen and oxygen atoms in total. The zero-order valence-corrected chi connectivity index (χ0v) is 22.0. The van der Waals surface area contributed by atoms with Crippen LogP contribution in [0.15, 0.2) is 42.5 Å². The summed E-state index contributed by atoms with van der Waals surface area (Å²) in [7, 11) is 0. The Bertz CT molecular complexity index is 1210. The molecule has 1 saturated heterocycles. The van der Waals surface area contributed by atoms with E-state index in [1.165, 1.54) is 34.2 Å². The largest absolute Gasteiger partial charge is 0.416 e. The summed E-state index contributed by atoms with van der Waals surface area (Å²) in [4.78, 5) is 17.8. The first kappa shape index (κ1) is 25.5. The second-order valence-electron chi connectivity index (χ2n) is 11.4. The van der Waals surface area contributed by atoms with Gasteiger partial charge in [-0.3, -0.25) is 4.79 Å². The minimum absolute atomic E-state index is 0.0287. The van der Waals surface area contributed by atoms with Crippen molar-refractivity contribution >= 4 is 33.0 Å². The zero-order chi connectivity index (χ0) is 25.8. The lowest BCUT2D eigenvalue weighted by Gasteiger charge is -2.37. The molecule has 1 aromatic heterocycles. The van der Waals surface area contributed by atoms with E-state index >= 15 is 0 Å². The first-order valence-corrected chi connectivity index (χ1v) is 12.8. The highest BCUT2D eigenvalue weighted by molar-refractivity contribution is 7.20. The monoisotopic (exact) mass is 502 g/mol. The average molecular weight is 503 g/mol. The molecule has 2 aromatic carbocycles. The maximum atomic E-state index is 13.2. The Morgan fingerprint density at radius 3 is 1.86 bits per heavy atom. The number of thiophene rings is 1. The first-order chi connectivity index (χ1) is 16.1. The molecule has 0 spiro atoms. The van der Waals surface area contributed by atoms with Gasteiger partial charge in [0.15, 0.2) is 0 Å². The van der Waals surface area contributed by atoms with Crippen molar-refractivity contribution in [2.45, 2.75) is 58.5 Å². The maximum absolute atomic E-state index is 13.2. The zero-order valence-electron chi connectivity index (χ0n) is 21.2. The number of amides is 1. The molecule has 0 radical (unpaired) electrons. The topological polar surface area (TPSA) is 23.6 Å². The number of halogens is 3. The molecule has 1 amide bonds. The van der Waals surface area contributed by atoms with Crippen LogP contribution in [0.1, 0.15) is 67.9 Å². The summed E-state index contributed by atoms with van der Waals surface area (Å²) in [5.74, 6) is -0.113. The second kappa shape index (κ2) is 8.84. The van der Waals surface area contributed by atoms with Crippen LogP contribution in [0, 0.1) is 0 Å². The lowest BCUT2D eigenvalue weighted by molar-refractivity contribution is -0.137. The van der Waals surface area contributed by atoms with E-state index in [-0.39, 0.29) is 16.7 Å². The van der Waals surface area contributed by atoms with Crippen molar-refractivity contribution < 1.29 is 18.0 Å². The van der Waals surface area contributed by atoms with Crippen molar-refractivity contribution in [2.24, 2.45) is 0 Å². The molecular formula is C28H33F3N2OS. The molecule has 2 heterocycles. The third-order valence-corrected chi connectivity index (χ3v) is 7.74. The Labute approximate surface area is 209 Å². The van der Waals surface area contributed by atoms with E-state index in [0.29, 0.717) is 41.1 Å². The van der Waals surface area contributed by atoms with Gasteiger partial charge in [-0.25, -0.2) is 0 Å². The Hall–Kier alpha value is -2.54. The second-order valence-corrected chi connectivity index (χ2v) is 12.5. The van der Waals surface area contributed by atoms with E-state index < -0.39 is 11.7 Å². The number of carbonyl (C=O) groups is 1. The van der Waals surface area contributed by atoms with Crippen molar-refractivity contribution in [1.29, 1.82) is 0 Å². The van der Waals surface area contributed by atoms with Crippen LogP contribution in [0.25, 0.3) is 10.1 Å². The minimum atomic E-state index is -4.40. The lowest BCUT2D eigenvalue weighted by atomic mass is 9.80. The van der Waals surface area contributed by atoms with Gasteiger partial charge in [-0.05, 0) is 63.7 Å². The van der Waals surface area contributed by atoms with Gasteiger partial charge in [-0.15, -0.1) is 11.3 Å². The Morgan fingerprint density at radius 2 is 1.34 bits per heavy atom. The van der Waals surface area contributed by atoms with E-state index in [0.717, 1.165) is 12.1 Å². The number of alkyl halides is 3. The molecule has 1 fully saturated rings. The van der Waals surface area contributed by atoms with Crippen LogP contribution in [0.4, 0.5) is 18.9 Å². The minimum Gasteiger partial charge on any atom is -0.368 e. The van der Waals surface area contributed by atoms with Gasteiger partial charge < -0.3 is 9.80 Å². The summed E-state index contributed by atoms with van der Waals surface area (Å²) in [6.07, 6.45) is -4.40. The Kier molecular flexibility index (Phi) is 6.45. The number of hydrogen-bond donors (Lipinski definition) is 0. The van der Waals surface area contributed by atoms with E-state index in [2.05, 4.69) is 64.6 Å². The normalized spacial score (nSPS) is 15.7. The number of carbonyl (C=O) groups excluding carboxylic acids is 1. The number of piperazine rings is 1. The van der Waals surface area contributed by atoms with Crippen LogP contribution in [0.5, 0.6) is 0 Å². The predicted octanol–water partition coefficient (Wildman–Crippen LogP) is 7.48. The fraction of sp³-hybridized carbons (Fsp3) is 0.464. The van der Waals surface area contributed by atoms with Gasteiger partial charge in [0.2, 0.25) is 0 Å². The molecule has 1 aliphatic rings. The summed E-state index contributed by atoms with van der Waals surface area (Å²) < 4.78 is 39.8. The molecule has 188 valence electrons. The summed E-state index contributed by atoms with van der Waals surface area (Å²) >= 11 is 1.25. The summed E-state index contributed by atoms with van der Waals surface area (Å²) in [5.41, 5.74) is 3.13. The van der Waals surface area contributed by atoms with Gasteiger partial charge in [0.25, 0.3) is 5.91 Å². The average Bonchev–Trinajstić information content (AvgIpc) is 3.20. The van der Waals surface area contributed by atoms with Crippen molar-refractivity contribution in [3.05, 3.63) is 64.0 Å². The summed E-state index contributed by atoms with van der Waals surface area (Å²) in [6, 6.07) is 12.1. The molecule has 1 aliphatic heterocycles. The molecule has 35 heavy (non-hydrogen) atoms. The lowest BCUT2D eigenvalue weighted by Crippen LogP contribution is -2.48. The molecule has 7 heteroatoms. The molecule has 0 unspecified atom stereocenters. The van der Waals surface area contributed by atoms with Crippen molar-refractivity contribution in [3.63, 3.8) is 0 Å². The standard InChI is InChI=1S/C28H33F3N2OS/c1-26(2,3)20-15-21(27(4,5)6)17-22(16-20)32-9-11-33(12-10-32)25(34)24-14-18-13-19(28(29,30)31)7-8-23(18)35-24/h7-8,13-17H,9-12H2,1-6H3. The van der Waals surface area contributed by atoms with Crippen LogP contribution < -0.4 is 4.90 Å². The number of rotatable bonds is 2. The van der Waals surface area contributed by atoms with Crippen LogP contribution in [-0.2, 0) is 17.0 Å². The Morgan fingerprint density at radius 1 is 0.771 bits per heavy atom. The molecular weight excluding hydrogens is 469 g/mol. The number of hydrogen-bond acceptors (Lipinski definition) is 3. The SMILES string of the molecule is CC(C)(C)c1cc(N2CCN(C(=O)c3cc4cc(C(F)(F)F)ccc4s3)CC2)cc(C(C)(C)C)c1. The van der Waals surface area contributed by atoms with Gasteiger partial charge in [-0.1, -0.05) is 47.6 Å². The molecule has 0 aliphatic carbocycles. The Balaban J connectivity index is 1.51. The molecule has 0 saturated carbocycles. The van der Waals surface area contributed by atoms with E-state index in [1.54, 1.807) is 6.07 Å².